The van der Waals surface area contributed by atoms with Gasteiger partial charge in [0.1, 0.15) is 0 Å². The maximum Gasteiger partial charge on any atom is 0.393 e. The van der Waals surface area contributed by atoms with E-state index in [1.165, 1.54) is 0 Å². The predicted molar refractivity (Wildman–Crippen MR) is 83.9 cm³/mol. The van der Waals surface area contributed by atoms with Crippen molar-refractivity contribution in [3.8, 4) is 0 Å². The fourth-order valence-corrected chi connectivity index (χ4v) is 4.13. The Morgan fingerprint density at radius 2 is 0.857 bits per heavy atom. The lowest BCUT2D eigenvalue weighted by atomic mass is 10.1. The minimum Gasteiger partial charge on any atom is -0.203 e. The van der Waals surface area contributed by atoms with Crippen molar-refractivity contribution in [1.82, 2.24) is 0 Å². The van der Waals surface area contributed by atoms with Gasteiger partial charge in [0.2, 0.25) is 0 Å². The third-order valence-electron chi connectivity index (χ3n) is 3.26. The Balaban J connectivity index is 2.18. The maximum absolute atomic E-state index is 13.9. The van der Waals surface area contributed by atoms with Gasteiger partial charge in [0, 0.05) is 0 Å². The molecule has 0 aromatic heterocycles. The molecule has 154 valence electrons. The Kier molecular flexibility index (Phi) is 6.85. The summed E-state index contributed by atoms with van der Waals surface area (Å²) >= 11 is 0. The number of benzene rings is 2. The van der Waals surface area contributed by atoms with Gasteiger partial charge in [0.15, 0.2) is 23.3 Å². The third-order valence-corrected chi connectivity index (χ3v) is 5.66. The van der Waals surface area contributed by atoms with E-state index in [1.807, 2.05) is 0 Å². The number of hydrogen-bond acceptors (Lipinski definition) is 2. The van der Waals surface area contributed by atoms with E-state index in [0.717, 1.165) is 12.1 Å². The van der Waals surface area contributed by atoms with Gasteiger partial charge in [-0.25, -0.2) is 17.6 Å². The number of rotatable bonds is 5. The van der Waals surface area contributed by atoms with Crippen molar-refractivity contribution < 1.29 is 43.9 Å². The molecule has 2 aromatic rings. The zero-order valence-corrected chi connectivity index (χ0v) is 15.0. The highest BCUT2D eigenvalue weighted by Gasteiger charge is 2.31. The molecular weight excluding hydrogens is 446 g/mol. The second-order valence-corrected chi connectivity index (χ2v) is 7.67. The van der Waals surface area contributed by atoms with Crippen LogP contribution in [-0.4, -0.2) is 12.4 Å². The molecule has 0 amide bonds. The summed E-state index contributed by atoms with van der Waals surface area (Å²) in [6, 6.07) is 3.09. The van der Waals surface area contributed by atoms with E-state index in [-0.39, 0.29) is 0 Å². The van der Waals surface area contributed by atoms with Crippen molar-refractivity contribution in [2.75, 3.05) is 0 Å². The van der Waals surface area contributed by atoms with Crippen molar-refractivity contribution in [3.05, 3.63) is 58.7 Å². The molecule has 0 saturated heterocycles. The van der Waals surface area contributed by atoms with Crippen LogP contribution >= 0.6 is 21.6 Å². The molecule has 0 bridgehead atoms. The Labute approximate surface area is 159 Å². The first-order chi connectivity index (χ1) is 12.8. The van der Waals surface area contributed by atoms with Crippen LogP contribution in [0.1, 0.15) is 11.1 Å². The third kappa shape index (κ3) is 5.97. The van der Waals surface area contributed by atoms with Gasteiger partial charge in [-0.3, -0.25) is 0 Å². The summed E-state index contributed by atoms with van der Waals surface area (Å²) in [5.74, 6) is -6.66. The summed E-state index contributed by atoms with van der Waals surface area (Å²) in [6.07, 6.45) is -12.9. The lowest BCUT2D eigenvalue weighted by molar-refractivity contribution is -0.128. The quantitative estimate of drug-likeness (QED) is 0.345. The zero-order chi connectivity index (χ0) is 21.3. The van der Waals surface area contributed by atoms with E-state index in [4.69, 9.17) is 0 Å². The van der Waals surface area contributed by atoms with Crippen molar-refractivity contribution >= 4 is 21.6 Å². The molecule has 28 heavy (non-hydrogen) atoms. The normalized spacial score (nSPS) is 12.5. The van der Waals surface area contributed by atoms with Gasteiger partial charge in [0.25, 0.3) is 0 Å². The van der Waals surface area contributed by atoms with Crippen molar-refractivity contribution in [1.29, 1.82) is 0 Å². The fraction of sp³-hybridized carbons (Fsp3) is 0.250. The van der Waals surface area contributed by atoms with Crippen LogP contribution in [0.15, 0.2) is 34.1 Å². The summed E-state index contributed by atoms with van der Waals surface area (Å²) < 4.78 is 129. The standard InChI is InChI=1S/C16H8F10S2/c17-11-7(5-15(21,22)23)1-3-9(13(11)19)27-28-10-4-2-8(6-16(24,25)26)12(18)14(10)20/h1-4H,5-6H2. The average molecular weight is 454 g/mol. The molecule has 0 unspecified atom stereocenters. The van der Waals surface area contributed by atoms with E-state index in [0.29, 0.717) is 33.7 Å². The molecule has 2 aromatic carbocycles. The minimum absolute atomic E-state index is 0.374. The molecule has 0 fully saturated rings. The molecule has 2 rings (SSSR count). The molecule has 0 saturated carbocycles. The Morgan fingerprint density at radius 1 is 0.536 bits per heavy atom. The van der Waals surface area contributed by atoms with Crippen LogP contribution in [0.2, 0.25) is 0 Å². The van der Waals surface area contributed by atoms with Crippen LogP contribution in [-0.2, 0) is 12.8 Å². The maximum atomic E-state index is 13.9. The summed E-state index contributed by atoms with van der Waals surface area (Å²) in [4.78, 5) is -0.986. The van der Waals surface area contributed by atoms with E-state index >= 15 is 0 Å². The van der Waals surface area contributed by atoms with E-state index in [2.05, 4.69) is 0 Å². The van der Waals surface area contributed by atoms with E-state index in [9.17, 15) is 43.9 Å². The van der Waals surface area contributed by atoms with E-state index in [1.54, 1.807) is 0 Å². The molecule has 0 atom stereocenters. The van der Waals surface area contributed by atoms with Gasteiger partial charge in [0.05, 0.1) is 22.6 Å². The first-order valence-electron chi connectivity index (χ1n) is 7.20. The predicted octanol–water partition coefficient (Wildman–Crippen LogP) is 7.25. The molecule has 0 N–H and O–H groups in total. The first kappa shape index (κ1) is 22.7. The number of hydrogen-bond donors (Lipinski definition) is 0. The highest BCUT2D eigenvalue weighted by molar-refractivity contribution is 8.76. The van der Waals surface area contributed by atoms with Crippen molar-refractivity contribution in [2.45, 2.75) is 35.0 Å². The van der Waals surface area contributed by atoms with Crippen molar-refractivity contribution in [2.24, 2.45) is 0 Å². The van der Waals surface area contributed by atoms with Gasteiger partial charge in [-0.05, 0) is 44.8 Å². The van der Waals surface area contributed by atoms with Gasteiger partial charge < -0.3 is 0 Å². The van der Waals surface area contributed by atoms with Crippen LogP contribution in [0.3, 0.4) is 0 Å². The van der Waals surface area contributed by atoms with E-state index < -0.39 is 69.4 Å². The summed E-state index contributed by atoms with van der Waals surface area (Å²) in [6.45, 7) is 0. The van der Waals surface area contributed by atoms with Crippen LogP contribution in [0.25, 0.3) is 0 Å². The molecule has 0 spiro atoms. The minimum atomic E-state index is -4.75. The highest BCUT2D eigenvalue weighted by atomic mass is 33.1. The largest absolute Gasteiger partial charge is 0.393 e. The highest BCUT2D eigenvalue weighted by Crippen LogP contribution is 2.42. The summed E-state index contributed by atoms with van der Waals surface area (Å²) in [7, 11) is 0.749. The molecule has 0 heterocycles. The zero-order valence-electron chi connectivity index (χ0n) is 13.3. The van der Waals surface area contributed by atoms with Crippen LogP contribution < -0.4 is 0 Å². The van der Waals surface area contributed by atoms with Gasteiger partial charge in [-0.1, -0.05) is 12.1 Å². The van der Waals surface area contributed by atoms with Crippen LogP contribution in [0, 0.1) is 23.3 Å². The second kappa shape index (κ2) is 8.44. The first-order valence-corrected chi connectivity index (χ1v) is 9.35. The van der Waals surface area contributed by atoms with Gasteiger partial charge in [-0.2, -0.15) is 26.3 Å². The molecule has 0 aliphatic heterocycles. The van der Waals surface area contributed by atoms with Gasteiger partial charge >= 0.3 is 12.4 Å². The Hall–Kier alpha value is -1.56. The molecule has 12 heteroatoms. The average Bonchev–Trinajstić information content (AvgIpc) is 2.55. The summed E-state index contributed by atoms with van der Waals surface area (Å²) in [5.41, 5.74) is -1.85. The smallest absolute Gasteiger partial charge is 0.203 e. The second-order valence-electron chi connectivity index (χ2n) is 5.45. The lowest BCUT2D eigenvalue weighted by Gasteiger charge is -2.11. The SMILES string of the molecule is Fc1c(CC(F)(F)F)ccc(SSc2ccc(CC(F)(F)F)c(F)c2F)c1F. The molecule has 0 radical (unpaired) electrons. The lowest BCUT2D eigenvalue weighted by Crippen LogP contribution is -2.13. The molecule has 0 nitrogen and oxygen atoms in total. The number of alkyl halides is 6. The van der Waals surface area contributed by atoms with Crippen LogP contribution in [0.4, 0.5) is 43.9 Å². The number of halogens is 10. The van der Waals surface area contributed by atoms with Crippen LogP contribution in [0.5, 0.6) is 0 Å². The van der Waals surface area contributed by atoms with Gasteiger partial charge in [-0.15, -0.1) is 0 Å². The summed E-state index contributed by atoms with van der Waals surface area (Å²) in [5, 5.41) is 0. The molecular formula is C16H8F10S2. The monoisotopic (exact) mass is 454 g/mol. The molecule has 0 aliphatic rings. The molecule has 0 aliphatic carbocycles. The van der Waals surface area contributed by atoms with Crippen molar-refractivity contribution in [3.63, 3.8) is 0 Å². The fourth-order valence-electron chi connectivity index (χ4n) is 2.07. The Bertz CT molecular complexity index is 786. The Morgan fingerprint density at radius 3 is 1.14 bits per heavy atom. The topological polar surface area (TPSA) is 0 Å².